The molecular weight excluding hydrogens is 234 g/mol. The molecular formula is C12H17N3O3. The number of hydrogen-bond acceptors (Lipinski definition) is 5. The Morgan fingerprint density at radius 3 is 3.06 bits per heavy atom. The van der Waals surface area contributed by atoms with Crippen molar-refractivity contribution in [3.8, 4) is 0 Å². The van der Waals surface area contributed by atoms with Gasteiger partial charge in [0.25, 0.3) is 5.69 Å². The van der Waals surface area contributed by atoms with Crippen LogP contribution in [0, 0.1) is 17.0 Å². The third-order valence-electron chi connectivity index (χ3n) is 3.14. The molecule has 18 heavy (non-hydrogen) atoms. The number of hydrogen-bond donors (Lipinski definition) is 1. The van der Waals surface area contributed by atoms with Crippen molar-refractivity contribution in [3.05, 3.63) is 33.9 Å². The van der Waals surface area contributed by atoms with Gasteiger partial charge in [0.05, 0.1) is 17.6 Å². The van der Waals surface area contributed by atoms with Gasteiger partial charge in [0.1, 0.15) is 5.69 Å². The number of anilines is 1. The van der Waals surface area contributed by atoms with Crippen molar-refractivity contribution in [2.75, 3.05) is 31.1 Å². The molecule has 0 saturated carbocycles. The minimum atomic E-state index is -0.322. The second-order valence-electron chi connectivity index (χ2n) is 4.37. The molecule has 1 aromatic carbocycles. The minimum Gasteiger partial charge on any atom is -0.373 e. The van der Waals surface area contributed by atoms with Crippen molar-refractivity contribution in [2.24, 2.45) is 5.73 Å². The van der Waals surface area contributed by atoms with Gasteiger partial charge in [-0.1, -0.05) is 12.1 Å². The first-order valence-corrected chi connectivity index (χ1v) is 5.94. The molecule has 1 unspecified atom stereocenters. The molecule has 6 nitrogen and oxygen atoms in total. The molecule has 1 aromatic rings. The van der Waals surface area contributed by atoms with Crippen molar-refractivity contribution in [3.63, 3.8) is 0 Å². The second-order valence-corrected chi connectivity index (χ2v) is 4.37. The van der Waals surface area contributed by atoms with Gasteiger partial charge in [0.2, 0.25) is 0 Å². The molecule has 98 valence electrons. The summed E-state index contributed by atoms with van der Waals surface area (Å²) >= 11 is 0. The Hall–Kier alpha value is -1.66. The van der Waals surface area contributed by atoms with E-state index in [4.69, 9.17) is 10.5 Å². The molecule has 0 amide bonds. The van der Waals surface area contributed by atoms with Crippen LogP contribution in [0.1, 0.15) is 5.56 Å². The number of morpholine rings is 1. The smallest absolute Gasteiger partial charge is 0.295 e. The maximum Gasteiger partial charge on any atom is 0.295 e. The maximum absolute atomic E-state index is 11.2. The largest absolute Gasteiger partial charge is 0.373 e. The predicted molar refractivity (Wildman–Crippen MR) is 68.8 cm³/mol. The standard InChI is InChI=1S/C12H17N3O3/c1-9-3-2-4-11(12(9)15(16)17)14-5-6-18-10(7-13)8-14/h2-4,10H,5-8,13H2,1H3. The summed E-state index contributed by atoms with van der Waals surface area (Å²) in [6.07, 6.45) is -0.0566. The molecule has 1 heterocycles. The molecule has 1 aliphatic heterocycles. The fraction of sp³-hybridized carbons (Fsp3) is 0.500. The van der Waals surface area contributed by atoms with Gasteiger partial charge in [0, 0.05) is 25.2 Å². The lowest BCUT2D eigenvalue weighted by Crippen LogP contribution is -2.45. The van der Waals surface area contributed by atoms with E-state index in [-0.39, 0.29) is 16.7 Å². The molecule has 2 N–H and O–H groups in total. The minimum absolute atomic E-state index is 0.0566. The molecule has 0 radical (unpaired) electrons. The van der Waals surface area contributed by atoms with Crippen LogP contribution in [-0.4, -0.2) is 37.3 Å². The van der Waals surface area contributed by atoms with Gasteiger partial charge in [-0.05, 0) is 13.0 Å². The van der Waals surface area contributed by atoms with Gasteiger partial charge in [-0.2, -0.15) is 0 Å². The van der Waals surface area contributed by atoms with E-state index in [0.29, 0.717) is 37.5 Å². The van der Waals surface area contributed by atoms with E-state index in [1.54, 1.807) is 19.1 Å². The third-order valence-corrected chi connectivity index (χ3v) is 3.14. The van der Waals surface area contributed by atoms with Gasteiger partial charge < -0.3 is 15.4 Å². The topological polar surface area (TPSA) is 81.6 Å². The zero-order valence-corrected chi connectivity index (χ0v) is 10.3. The van der Waals surface area contributed by atoms with Crippen LogP contribution in [-0.2, 0) is 4.74 Å². The molecule has 0 spiro atoms. The zero-order chi connectivity index (χ0) is 13.1. The van der Waals surface area contributed by atoms with E-state index in [0.717, 1.165) is 0 Å². The lowest BCUT2D eigenvalue weighted by Gasteiger charge is -2.33. The van der Waals surface area contributed by atoms with Gasteiger partial charge in [-0.3, -0.25) is 10.1 Å². The summed E-state index contributed by atoms with van der Waals surface area (Å²) in [5, 5.41) is 11.2. The van der Waals surface area contributed by atoms with Crippen LogP contribution in [0.2, 0.25) is 0 Å². The maximum atomic E-state index is 11.2. The Balaban J connectivity index is 2.32. The third kappa shape index (κ3) is 2.44. The van der Waals surface area contributed by atoms with Crippen LogP contribution >= 0.6 is 0 Å². The van der Waals surface area contributed by atoms with Crippen LogP contribution in [0.3, 0.4) is 0 Å². The molecule has 1 aliphatic rings. The summed E-state index contributed by atoms with van der Waals surface area (Å²) in [5.41, 5.74) is 7.09. The summed E-state index contributed by atoms with van der Waals surface area (Å²) < 4.78 is 5.47. The Labute approximate surface area is 105 Å². The van der Waals surface area contributed by atoms with E-state index in [2.05, 4.69) is 0 Å². The summed E-state index contributed by atoms with van der Waals surface area (Å²) in [5.74, 6) is 0. The van der Waals surface area contributed by atoms with Crippen molar-refractivity contribution in [1.29, 1.82) is 0 Å². The Kier molecular flexibility index (Phi) is 3.78. The second kappa shape index (κ2) is 5.32. The Bertz CT molecular complexity index is 450. The van der Waals surface area contributed by atoms with Gasteiger partial charge in [0.15, 0.2) is 0 Å². The molecule has 2 rings (SSSR count). The first kappa shape index (κ1) is 12.8. The fourth-order valence-electron chi connectivity index (χ4n) is 2.22. The highest BCUT2D eigenvalue weighted by Crippen LogP contribution is 2.32. The highest BCUT2D eigenvalue weighted by molar-refractivity contribution is 5.66. The quantitative estimate of drug-likeness (QED) is 0.642. The number of nitro benzene ring substituents is 1. The van der Waals surface area contributed by atoms with Crippen LogP contribution < -0.4 is 10.6 Å². The first-order valence-electron chi connectivity index (χ1n) is 5.94. The summed E-state index contributed by atoms with van der Waals surface area (Å²) in [6, 6.07) is 5.37. The predicted octanol–water partition coefficient (Wildman–Crippen LogP) is 1.07. The van der Waals surface area contributed by atoms with E-state index < -0.39 is 0 Å². The number of rotatable bonds is 3. The number of ether oxygens (including phenoxy) is 1. The molecule has 6 heteroatoms. The number of nitrogens with two attached hydrogens (primary N) is 1. The van der Waals surface area contributed by atoms with E-state index >= 15 is 0 Å². The monoisotopic (exact) mass is 251 g/mol. The van der Waals surface area contributed by atoms with Crippen molar-refractivity contribution >= 4 is 11.4 Å². The van der Waals surface area contributed by atoms with Crippen molar-refractivity contribution < 1.29 is 9.66 Å². The molecule has 1 saturated heterocycles. The van der Waals surface area contributed by atoms with E-state index in [1.165, 1.54) is 0 Å². The van der Waals surface area contributed by atoms with Crippen LogP contribution in [0.4, 0.5) is 11.4 Å². The summed E-state index contributed by atoms with van der Waals surface area (Å²) in [6.45, 7) is 3.98. The van der Waals surface area contributed by atoms with Crippen LogP contribution in [0.25, 0.3) is 0 Å². The summed E-state index contributed by atoms with van der Waals surface area (Å²) in [4.78, 5) is 12.8. The van der Waals surface area contributed by atoms with Crippen LogP contribution in [0.5, 0.6) is 0 Å². The molecule has 0 aromatic heterocycles. The average Bonchev–Trinajstić information content (AvgIpc) is 2.38. The Morgan fingerprint density at radius 1 is 1.61 bits per heavy atom. The number of nitrogens with zero attached hydrogens (tertiary/aromatic N) is 2. The lowest BCUT2D eigenvalue weighted by molar-refractivity contribution is -0.384. The van der Waals surface area contributed by atoms with Crippen LogP contribution in [0.15, 0.2) is 18.2 Å². The normalized spacial score (nSPS) is 19.9. The van der Waals surface area contributed by atoms with Gasteiger partial charge in [-0.15, -0.1) is 0 Å². The van der Waals surface area contributed by atoms with Gasteiger partial charge in [-0.25, -0.2) is 0 Å². The Morgan fingerprint density at radius 2 is 2.39 bits per heavy atom. The summed E-state index contributed by atoms with van der Waals surface area (Å²) in [7, 11) is 0. The SMILES string of the molecule is Cc1cccc(N2CCOC(CN)C2)c1[N+](=O)[O-]. The van der Waals surface area contributed by atoms with Gasteiger partial charge >= 0.3 is 0 Å². The van der Waals surface area contributed by atoms with Crippen molar-refractivity contribution in [1.82, 2.24) is 0 Å². The first-order chi connectivity index (χ1) is 8.63. The highest BCUT2D eigenvalue weighted by Gasteiger charge is 2.26. The number of aryl methyl sites for hydroxylation is 1. The highest BCUT2D eigenvalue weighted by atomic mass is 16.6. The van der Waals surface area contributed by atoms with E-state index in [9.17, 15) is 10.1 Å². The number of para-hydroxylation sites is 1. The fourth-order valence-corrected chi connectivity index (χ4v) is 2.22. The molecule has 0 aliphatic carbocycles. The zero-order valence-electron chi connectivity index (χ0n) is 10.3. The lowest BCUT2D eigenvalue weighted by atomic mass is 10.1. The molecule has 1 atom stereocenters. The molecule has 0 bridgehead atoms. The average molecular weight is 251 g/mol. The number of benzene rings is 1. The van der Waals surface area contributed by atoms with E-state index in [1.807, 2.05) is 11.0 Å². The number of nitro groups is 1. The van der Waals surface area contributed by atoms with Crippen molar-refractivity contribution in [2.45, 2.75) is 13.0 Å². The molecule has 1 fully saturated rings.